The van der Waals surface area contributed by atoms with Crippen LogP contribution < -0.4 is 39.5 Å². The monoisotopic (exact) mass is 484 g/mol. The molecule has 178 valence electrons. The zero-order valence-corrected chi connectivity index (χ0v) is 22.0. The van der Waals surface area contributed by atoms with Crippen molar-refractivity contribution in [2.45, 2.75) is 64.5 Å². The number of tetrazole rings is 1. The van der Waals surface area contributed by atoms with E-state index < -0.39 is 11.7 Å². The number of phenolic OH excluding ortho intramolecular Hbond substituents is 1. The molecule has 1 N–H and O–H groups in total. The van der Waals surface area contributed by atoms with Gasteiger partial charge in [0.2, 0.25) is 0 Å². The number of unbranched alkanes of at least 4 members (excludes halogenated alkanes) is 2. The van der Waals surface area contributed by atoms with Crippen molar-refractivity contribution in [1.82, 2.24) is 20.6 Å². The van der Waals surface area contributed by atoms with Crippen LogP contribution in [0.4, 0.5) is 13.2 Å². The van der Waals surface area contributed by atoms with Gasteiger partial charge < -0.3 is 14.9 Å². The van der Waals surface area contributed by atoms with Crippen molar-refractivity contribution >= 4 is 0 Å². The van der Waals surface area contributed by atoms with E-state index in [2.05, 4.69) is 34.5 Å². The molecule has 0 saturated heterocycles. The summed E-state index contributed by atoms with van der Waals surface area (Å²) in [6.45, 7) is 6.53. The molecule has 0 spiro atoms. The van der Waals surface area contributed by atoms with Crippen molar-refractivity contribution in [3.63, 3.8) is 0 Å². The molecule has 0 atom stereocenters. The van der Waals surface area contributed by atoms with Gasteiger partial charge in [-0.3, -0.25) is 15.5 Å². The van der Waals surface area contributed by atoms with E-state index in [4.69, 9.17) is 4.74 Å². The second-order valence-corrected chi connectivity index (χ2v) is 8.65. The molecule has 10 heteroatoms. The Morgan fingerprint density at radius 3 is 2.47 bits per heavy atom. The molecule has 3 aromatic rings. The molecule has 0 aliphatic carbocycles. The van der Waals surface area contributed by atoms with Crippen LogP contribution in [0.15, 0.2) is 36.4 Å². The quantitative estimate of drug-likeness (QED) is 0.352. The van der Waals surface area contributed by atoms with Gasteiger partial charge >= 0.3 is 35.7 Å². The van der Waals surface area contributed by atoms with Gasteiger partial charge in [-0.15, -0.1) is 0 Å². The smallest absolute Gasteiger partial charge is 0.507 e. The van der Waals surface area contributed by atoms with E-state index in [9.17, 15) is 18.3 Å². The maximum atomic E-state index is 13.1. The molecular formula is C24H28F3N4NaO2. The molecule has 2 aromatic carbocycles. The fraction of sp³-hybridized carbons (Fsp3) is 0.458. The normalized spacial score (nSPS) is 11.8. The van der Waals surface area contributed by atoms with Crippen LogP contribution >= 0.6 is 0 Å². The Labute approximate surface area is 219 Å². The number of aromatic hydroxyl groups is 1. The van der Waals surface area contributed by atoms with Crippen molar-refractivity contribution in [1.29, 1.82) is 0 Å². The van der Waals surface area contributed by atoms with Gasteiger partial charge in [0, 0.05) is 22.9 Å². The minimum Gasteiger partial charge on any atom is -0.507 e. The molecule has 0 aliphatic heterocycles. The number of hydrogen-bond acceptors (Lipinski definition) is 5. The summed E-state index contributed by atoms with van der Waals surface area (Å²) < 4.78 is 45.1. The van der Waals surface area contributed by atoms with Crippen molar-refractivity contribution in [3.8, 4) is 22.6 Å². The van der Waals surface area contributed by atoms with Gasteiger partial charge in [0.05, 0.1) is 12.2 Å². The second-order valence-electron chi connectivity index (χ2n) is 8.65. The number of nitrogens with zero attached hydrogens (tertiary/aromatic N) is 4. The predicted octanol–water partition coefficient (Wildman–Crippen LogP) is 2.70. The summed E-state index contributed by atoms with van der Waals surface area (Å²) >= 11 is 0. The van der Waals surface area contributed by atoms with E-state index in [1.165, 1.54) is 12.1 Å². The third-order valence-corrected chi connectivity index (χ3v) is 5.69. The van der Waals surface area contributed by atoms with E-state index in [0.717, 1.165) is 43.4 Å². The Kier molecular flexibility index (Phi) is 9.96. The van der Waals surface area contributed by atoms with Crippen LogP contribution in [0.5, 0.6) is 11.5 Å². The number of rotatable bonds is 10. The number of aromatic nitrogens is 4. The molecule has 0 radical (unpaired) electrons. The van der Waals surface area contributed by atoms with Crippen LogP contribution in [0.25, 0.3) is 11.1 Å². The number of ether oxygens (including phenoxy) is 1. The molecule has 0 amide bonds. The predicted molar refractivity (Wildman–Crippen MR) is 118 cm³/mol. The van der Waals surface area contributed by atoms with Gasteiger partial charge in [-0.1, -0.05) is 45.7 Å². The second kappa shape index (κ2) is 12.0. The van der Waals surface area contributed by atoms with Crippen LogP contribution in [-0.4, -0.2) is 27.1 Å². The summed E-state index contributed by atoms with van der Waals surface area (Å²) in [5.74, 6) is 1.08. The average molecular weight is 484 g/mol. The van der Waals surface area contributed by atoms with Crippen molar-refractivity contribution in [2.24, 2.45) is 0 Å². The molecule has 1 aromatic heterocycles. The number of benzene rings is 2. The first-order valence-electron chi connectivity index (χ1n) is 11.0. The third-order valence-electron chi connectivity index (χ3n) is 5.69. The molecule has 0 bridgehead atoms. The fourth-order valence-corrected chi connectivity index (χ4v) is 3.67. The SMILES string of the molecule is CCc1cc(-c2cccc(C(F)(F)F)c2)c(O)cc1OCCCCCC(C)(C)c1nn[n-]n1.[Na+]. The standard InChI is InChI=1S/C24H28F3N4O2.Na/c1-4-16-14-19(17-9-8-10-18(13-17)24(25,26)27)20(32)15-21(16)33-12-7-5-6-11-23(2,3)22-28-30-31-29-22;/h8-10,13-15H,4-7,11-12H2,1-3H3,(H-,28,29,30,31,32);/q-1;+1. The first-order chi connectivity index (χ1) is 15.6. The van der Waals surface area contributed by atoms with E-state index in [0.29, 0.717) is 35.7 Å². The summed E-state index contributed by atoms with van der Waals surface area (Å²) in [6.07, 6.45) is -0.189. The molecule has 0 unspecified atom stereocenters. The first kappa shape index (κ1) is 28.1. The van der Waals surface area contributed by atoms with Gasteiger partial charge in [0.1, 0.15) is 11.5 Å². The molecular weight excluding hydrogens is 456 g/mol. The summed E-state index contributed by atoms with van der Waals surface area (Å²) in [5.41, 5.74) is 0.551. The Hall–Kier alpha value is -2.10. The molecule has 3 rings (SSSR count). The topological polar surface area (TPSA) is 82.2 Å². The van der Waals surface area contributed by atoms with E-state index in [1.807, 2.05) is 6.92 Å². The van der Waals surface area contributed by atoms with Crippen LogP contribution in [0.2, 0.25) is 0 Å². The average Bonchev–Trinajstić information content (AvgIpc) is 3.32. The summed E-state index contributed by atoms with van der Waals surface area (Å²) in [5, 5.41) is 25.5. The first-order valence-corrected chi connectivity index (χ1v) is 11.0. The summed E-state index contributed by atoms with van der Waals surface area (Å²) in [7, 11) is 0. The van der Waals surface area contributed by atoms with Gasteiger partial charge in [-0.25, -0.2) is 0 Å². The van der Waals surface area contributed by atoms with Gasteiger partial charge in [0.25, 0.3) is 0 Å². The van der Waals surface area contributed by atoms with Crippen molar-refractivity contribution in [3.05, 3.63) is 53.3 Å². The van der Waals surface area contributed by atoms with Crippen LogP contribution in [0.3, 0.4) is 0 Å². The molecule has 0 saturated carbocycles. The number of aryl methyl sites for hydroxylation is 1. The zero-order chi connectivity index (χ0) is 24.1. The maximum absolute atomic E-state index is 13.1. The summed E-state index contributed by atoms with van der Waals surface area (Å²) in [4.78, 5) is 0. The van der Waals surface area contributed by atoms with Crippen LogP contribution in [0.1, 0.15) is 63.4 Å². The summed E-state index contributed by atoms with van der Waals surface area (Å²) in [6, 6.07) is 8.14. The molecule has 6 nitrogen and oxygen atoms in total. The van der Waals surface area contributed by atoms with Gasteiger partial charge in [-0.2, -0.15) is 13.2 Å². The van der Waals surface area contributed by atoms with Crippen LogP contribution in [-0.2, 0) is 18.0 Å². The van der Waals surface area contributed by atoms with E-state index in [1.54, 1.807) is 12.1 Å². The molecule has 1 heterocycles. The Morgan fingerprint density at radius 1 is 1.06 bits per heavy atom. The number of alkyl halides is 3. The van der Waals surface area contributed by atoms with Gasteiger partial charge in [0.15, 0.2) is 0 Å². The minimum absolute atomic E-state index is 0. The minimum atomic E-state index is -4.44. The Morgan fingerprint density at radius 2 is 1.82 bits per heavy atom. The Bertz CT molecular complexity index is 1060. The zero-order valence-electron chi connectivity index (χ0n) is 20.0. The Balaban J connectivity index is 0.00000408. The van der Waals surface area contributed by atoms with Crippen molar-refractivity contribution < 1.29 is 52.6 Å². The molecule has 0 fully saturated rings. The molecule has 0 aliphatic rings. The van der Waals surface area contributed by atoms with Gasteiger partial charge in [-0.05, 0) is 48.6 Å². The largest absolute Gasteiger partial charge is 1.00 e. The molecule has 34 heavy (non-hydrogen) atoms. The number of hydrogen-bond donors (Lipinski definition) is 1. The van der Waals surface area contributed by atoms with Crippen molar-refractivity contribution in [2.75, 3.05) is 6.61 Å². The van der Waals surface area contributed by atoms with Crippen LogP contribution in [0, 0.1) is 0 Å². The maximum Gasteiger partial charge on any atom is 1.00 e. The number of phenols is 1. The number of halogens is 3. The van der Waals surface area contributed by atoms with E-state index in [-0.39, 0.29) is 40.7 Å². The third kappa shape index (κ3) is 7.20. The fourth-order valence-electron chi connectivity index (χ4n) is 3.67. The van der Waals surface area contributed by atoms with E-state index >= 15 is 0 Å².